The van der Waals surface area contributed by atoms with Crippen LogP contribution in [0, 0.1) is 6.92 Å². The first kappa shape index (κ1) is 10.3. The second-order valence-electron chi connectivity index (χ2n) is 3.91. The molecule has 0 aliphatic carbocycles. The maximum Gasteiger partial charge on any atom is 0.147 e. The Labute approximate surface area is 93.1 Å². The van der Waals surface area contributed by atoms with Crippen molar-refractivity contribution in [2.45, 2.75) is 26.7 Å². The van der Waals surface area contributed by atoms with Crippen molar-refractivity contribution in [3.63, 3.8) is 0 Å². The van der Waals surface area contributed by atoms with Crippen molar-refractivity contribution >= 4 is 11.5 Å². The Bertz CT molecular complexity index is 469. The third-order valence-electron chi connectivity index (χ3n) is 2.20. The molecule has 0 aliphatic heterocycles. The summed E-state index contributed by atoms with van der Waals surface area (Å²) in [6, 6.07) is 0. The van der Waals surface area contributed by atoms with E-state index in [1.807, 2.05) is 20.2 Å². The lowest BCUT2D eigenvalue weighted by molar-refractivity contribution is 0.756. The van der Waals surface area contributed by atoms with Crippen molar-refractivity contribution in [1.82, 2.24) is 19.1 Å². The third-order valence-corrected chi connectivity index (χ3v) is 2.96. The molecule has 0 amide bonds. The van der Waals surface area contributed by atoms with E-state index in [-0.39, 0.29) is 0 Å². The molecular weight excluding hydrogens is 208 g/mol. The summed E-state index contributed by atoms with van der Waals surface area (Å²) >= 11 is 1.44. The molecular formula is C10H14N4S. The Morgan fingerprint density at radius 3 is 2.60 bits per heavy atom. The fraction of sp³-hybridized carbons (Fsp3) is 0.500. The number of aryl methyl sites for hydroxylation is 2. The van der Waals surface area contributed by atoms with Gasteiger partial charge in [0.15, 0.2) is 0 Å². The number of hydrogen-bond acceptors (Lipinski definition) is 4. The molecule has 0 aliphatic rings. The van der Waals surface area contributed by atoms with Gasteiger partial charge in [0.05, 0.1) is 11.3 Å². The molecule has 0 saturated heterocycles. The lowest BCUT2D eigenvalue weighted by atomic mass is 10.2. The van der Waals surface area contributed by atoms with Gasteiger partial charge < -0.3 is 0 Å². The molecule has 80 valence electrons. The van der Waals surface area contributed by atoms with E-state index in [0.717, 1.165) is 22.1 Å². The average Bonchev–Trinajstić information content (AvgIpc) is 2.71. The van der Waals surface area contributed by atoms with E-state index in [0.29, 0.717) is 5.92 Å². The van der Waals surface area contributed by atoms with E-state index in [1.54, 1.807) is 4.68 Å². The van der Waals surface area contributed by atoms with E-state index in [9.17, 15) is 0 Å². The topological polar surface area (TPSA) is 43.6 Å². The number of aromatic nitrogens is 4. The molecule has 0 unspecified atom stereocenters. The Hall–Kier alpha value is -1.23. The molecule has 2 aromatic heterocycles. The Morgan fingerprint density at radius 1 is 1.40 bits per heavy atom. The highest BCUT2D eigenvalue weighted by Gasteiger charge is 2.13. The average molecular weight is 222 g/mol. The summed E-state index contributed by atoms with van der Waals surface area (Å²) in [6.45, 7) is 6.19. The molecule has 0 aromatic carbocycles. The fourth-order valence-corrected chi connectivity index (χ4v) is 2.25. The van der Waals surface area contributed by atoms with Crippen molar-refractivity contribution in [2.75, 3.05) is 0 Å². The highest BCUT2D eigenvalue weighted by Crippen LogP contribution is 2.25. The zero-order valence-corrected chi connectivity index (χ0v) is 10.2. The minimum atomic E-state index is 0.381. The summed E-state index contributed by atoms with van der Waals surface area (Å²) in [5.74, 6) is 1.30. The standard InChI is InChI=1S/C10H14N4S/c1-6(2)9-11-10(15-13-9)8-5-14(4)12-7(8)3/h5-6H,1-4H3. The zero-order valence-electron chi connectivity index (χ0n) is 9.35. The van der Waals surface area contributed by atoms with Crippen molar-refractivity contribution in [3.05, 3.63) is 17.7 Å². The van der Waals surface area contributed by atoms with Gasteiger partial charge in [0.25, 0.3) is 0 Å². The molecule has 0 bridgehead atoms. The summed E-state index contributed by atoms with van der Waals surface area (Å²) in [5, 5.41) is 5.26. The molecule has 0 N–H and O–H groups in total. The molecule has 5 heteroatoms. The first-order valence-corrected chi connectivity index (χ1v) is 5.69. The first-order valence-electron chi connectivity index (χ1n) is 4.92. The van der Waals surface area contributed by atoms with Crippen LogP contribution < -0.4 is 0 Å². The highest BCUT2D eigenvalue weighted by molar-refractivity contribution is 7.09. The van der Waals surface area contributed by atoms with Crippen LogP contribution in [-0.4, -0.2) is 19.1 Å². The van der Waals surface area contributed by atoms with E-state index in [1.165, 1.54) is 11.5 Å². The van der Waals surface area contributed by atoms with Crippen LogP contribution in [0.15, 0.2) is 6.20 Å². The molecule has 2 rings (SSSR count). The predicted molar refractivity (Wildman–Crippen MR) is 60.9 cm³/mol. The minimum Gasteiger partial charge on any atom is -0.275 e. The van der Waals surface area contributed by atoms with Crippen LogP contribution >= 0.6 is 11.5 Å². The summed E-state index contributed by atoms with van der Waals surface area (Å²) in [6.07, 6.45) is 1.99. The molecule has 15 heavy (non-hydrogen) atoms. The van der Waals surface area contributed by atoms with Gasteiger partial charge in [-0.25, -0.2) is 4.98 Å². The van der Waals surface area contributed by atoms with Gasteiger partial charge in [-0.15, -0.1) is 0 Å². The van der Waals surface area contributed by atoms with E-state index in [4.69, 9.17) is 0 Å². The monoisotopic (exact) mass is 222 g/mol. The lowest BCUT2D eigenvalue weighted by Gasteiger charge is -1.94. The van der Waals surface area contributed by atoms with Gasteiger partial charge >= 0.3 is 0 Å². The van der Waals surface area contributed by atoms with Gasteiger partial charge in [-0.1, -0.05) is 13.8 Å². The SMILES string of the molecule is Cc1nn(C)cc1-c1nc(C(C)C)ns1. The molecule has 0 saturated carbocycles. The van der Waals surface area contributed by atoms with Crippen LogP contribution in [0.3, 0.4) is 0 Å². The molecule has 0 atom stereocenters. The summed E-state index contributed by atoms with van der Waals surface area (Å²) in [5.41, 5.74) is 2.09. The number of nitrogens with zero attached hydrogens (tertiary/aromatic N) is 4. The maximum absolute atomic E-state index is 4.51. The van der Waals surface area contributed by atoms with Gasteiger partial charge in [0.2, 0.25) is 0 Å². The van der Waals surface area contributed by atoms with Crippen molar-refractivity contribution in [2.24, 2.45) is 7.05 Å². The lowest BCUT2D eigenvalue weighted by Crippen LogP contribution is -1.89. The number of rotatable bonds is 2. The molecule has 0 radical (unpaired) electrons. The van der Waals surface area contributed by atoms with Crippen LogP contribution in [-0.2, 0) is 7.05 Å². The van der Waals surface area contributed by atoms with Gasteiger partial charge in [0, 0.05) is 19.2 Å². The smallest absolute Gasteiger partial charge is 0.147 e. The molecule has 4 nitrogen and oxygen atoms in total. The van der Waals surface area contributed by atoms with Crippen molar-refractivity contribution in [3.8, 4) is 10.6 Å². The van der Waals surface area contributed by atoms with Crippen LogP contribution in [0.1, 0.15) is 31.3 Å². The zero-order chi connectivity index (χ0) is 11.0. The Balaban J connectivity index is 2.41. The van der Waals surface area contributed by atoms with Crippen LogP contribution in [0.25, 0.3) is 10.6 Å². The van der Waals surface area contributed by atoms with Crippen molar-refractivity contribution in [1.29, 1.82) is 0 Å². The molecule has 2 aromatic rings. The number of hydrogen-bond donors (Lipinski definition) is 0. The predicted octanol–water partition coefficient (Wildman–Crippen LogP) is 2.37. The molecule has 0 spiro atoms. The van der Waals surface area contributed by atoms with Crippen molar-refractivity contribution < 1.29 is 0 Å². The summed E-state index contributed by atoms with van der Waals surface area (Å²) in [7, 11) is 1.92. The first-order chi connectivity index (χ1) is 7.08. The van der Waals surface area contributed by atoms with Gasteiger partial charge in [-0.2, -0.15) is 9.47 Å². The van der Waals surface area contributed by atoms with Gasteiger partial charge in [-0.05, 0) is 18.5 Å². The third kappa shape index (κ3) is 1.92. The summed E-state index contributed by atoms with van der Waals surface area (Å²) in [4.78, 5) is 4.51. The Morgan fingerprint density at radius 2 is 2.13 bits per heavy atom. The fourth-order valence-electron chi connectivity index (χ4n) is 1.39. The van der Waals surface area contributed by atoms with Gasteiger partial charge in [-0.3, -0.25) is 4.68 Å². The molecule has 0 fully saturated rings. The summed E-state index contributed by atoms with van der Waals surface area (Å²) < 4.78 is 6.14. The normalized spacial score (nSPS) is 11.3. The maximum atomic E-state index is 4.51. The second-order valence-corrected chi connectivity index (χ2v) is 4.67. The quantitative estimate of drug-likeness (QED) is 0.783. The van der Waals surface area contributed by atoms with Crippen LogP contribution in [0.4, 0.5) is 0 Å². The van der Waals surface area contributed by atoms with Gasteiger partial charge in [0.1, 0.15) is 10.8 Å². The van der Waals surface area contributed by atoms with E-state index in [2.05, 4.69) is 28.3 Å². The second kappa shape index (κ2) is 3.73. The largest absolute Gasteiger partial charge is 0.275 e. The minimum absolute atomic E-state index is 0.381. The van der Waals surface area contributed by atoms with Crippen LogP contribution in [0.5, 0.6) is 0 Å². The van der Waals surface area contributed by atoms with Crippen LogP contribution in [0.2, 0.25) is 0 Å². The molecule has 2 heterocycles. The Kier molecular flexibility index (Phi) is 2.56. The van der Waals surface area contributed by atoms with E-state index < -0.39 is 0 Å². The van der Waals surface area contributed by atoms with E-state index >= 15 is 0 Å². The highest BCUT2D eigenvalue weighted by atomic mass is 32.1.